The number of rotatable bonds is 8. The first kappa shape index (κ1) is 22.0. The molecule has 0 unspecified atom stereocenters. The van der Waals surface area contributed by atoms with Gasteiger partial charge in [-0.25, -0.2) is 0 Å². The van der Waals surface area contributed by atoms with Gasteiger partial charge in [-0.05, 0) is 48.9 Å². The summed E-state index contributed by atoms with van der Waals surface area (Å²) in [5, 5.41) is 0. The third kappa shape index (κ3) is 3.88. The minimum absolute atomic E-state index is 0.0989. The summed E-state index contributed by atoms with van der Waals surface area (Å²) in [5.41, 5.74) is 0.551. The Morgan fingerprint density at radius 3 is 2.10 bits per heavy atom. The molecule has 30 heavy (non-hydrogen) atoms. The summed E-state index contributed by atoms with van der Waals surface area (Å²) in [6.07, 6.45) is 6.71. The lowest BCUT2D eigenvalue weighted by Gasteiger charge is -2.28. The molecule has 1 aromatic rings. The second kappa shape index (κ2) is 9.11. The zero-order chi connectivity index (χ0) is 21.4. The fourth-order valence-corrected chi connectivity index (χ4v) is 7.20. The van der Waals surface area contributed by atoms with Crippen LogP contribution in [0, 0.1) is 23.7 Å². The molecule has 0 spiro atoms. The van der Waals surface area contributed by atoms with E-state index in [4.69, 9.17) is 4.74 Å². The van der Waals surface area contributed by atoms with Crippen LogP contribution in [-0.2, 0) is 14.4 Å². The van der Waals surface area contributed by atoms with Crippen LogP contribution in [0.5, 0.6) is 5.75 Å². The minimum atomic E-state index is -0.245. The Hall–Kier alpha value is -1.21. The number of ether oxygens (including phenoxy) is 1. The number of hydrogen-bond donors (Lipinski definition) is 0. The number of alkyl halides is 2. The van der Waals surface area contributed by atoms with E-state index in [0.29, 0.717) is 17.9 Å². The molecule has 2 aliphatic carbocycles. The van der Waals surface area contributed by atoms with Crippen molar-refractivity contribution >= 4 is 55.3 Å². The quantitative estimate of drug-likeness (QED) is 0.149. The topological polar surface area (TPSA) is 63.7 Å². The number of esters is 1. The maximum absolute atomic E-state index is 13.1. The highest BCUT2D eigenvalue weighted by Crippen LogP contribution is 2.60. The number of fused-ring (bicyclic) bond motifs is 5. The summed E-state index contributed by atoms with van der Waals surface area (Å²) < 4.78 is 5.40. The van der Waals surface area contributed by atoms with E-state index in [2.05, 4.69) is 38.8 Å². The molecule has 2 bridgehead atoms. The van der Waals surface area contributed by atoms with Gasteiger partial charge < -0.3 is 4.74 Å². The van der Waals surface area contributed by atoms with Crippen molar-refractivity contribution in [1.29, 1.82) is 0 Å². The molecule has 0 radical (unpaired) electrons. The molecule has 0 aromatic heterocycles. The molecular weight excluding hydrogens is 514 g/mol. The van der Waals surface area contributed by atoms with Crippen LogP contribution < -0.4 is 9.64 Å². The van der Waals surface area contributed by atoms with E-state index < -0.39 is 0 Å². The normalized spacial score (nSPS) is 32.0. The Kier molecular flexibility index (Phi) is 6.68. The zero-order valence-electron chi connectivity index (χ0n) is 17.1. The Balaban J connectivity index is 1.37. The van der Waals surface area contributed by atoms with Crippen molar-refractivity contribution in [2.75, 3.05) is 4.90 Å². The summed E-state index contributed by atoms with van der Waals surface area (Å²) >= 11 is 7.41. The lowest BCUT2D eigenvalue weighted by atomic mass is 9.81. The van der Waals surface area contributed by atoms with Gasteiger partial charge in [-0.1, -0.05) is 64.5 Å². The average Bonchev–Trinajstić information content (AvgIpc) is 3.33. The van der Waals surface area contributed by atoms with Crippen molar-refractivity contribution in [3.63, 3.8) is 0 Å². The van der Waals surface area contributed by atoms with E-state index in [1.54, 1.807) is 24.3 Å². The Labute approximate surface area is 194 Å². The highest BCUT2D eigenvalue weighted by molar-refractivity contribution is 9.12. The van der Waals surface area contributed by atoms with E-state index in [1.165, 1.54) is 17.7 Å². The monoisotopic (exact) mass is 539 g/mol. The van der Waals surface area contributed by atoms with Crippen LogP contribution in [0.2, 0.25) is 0 Å². The molecule has 6 atom stereocenters. The molecule has 2 saturated carbocycles. The Morgan fingerprint density at radius 1 is 0.967 bits per heavy atom. The van der Waals surface area contributed by atoms with Crippen LogP contribution in [0.1, 0.15) is 51.9 Å². The predicted molar refractivity (Wildman–Crippen MR) is 122 cm³/mol. The average molecular weight is 541 g/mol. The molecule has 1 aliphatic heterocycles. The molecule has 1 saturated heterocycles. The fourth-order valence-electron chi connectivity index (χ4n) is 5.32. The summed E-state index contributed by atoms with van der Waals surface area (Å²) in [6, 6.07) is 6.71. The van der Waals surface area contributed by atoms with Crippen LogP contribution in [0.25, 0.3) is 0 Å². The molecule has 3 fully saturated rings. The highest BCUT2D eigenvalue weighted by Gasteiger charge is 2.66. The van der Waals surface area contributed by atoms with E-state index >= 15 is 0 Å². The van der Waals surface area contributed by atoms with Gasteiger partial charge >= 0.3 is 5.97 Å². The molecule has 0 N–H and O–H groups in total. The van der Waals surface area contributed by atoms with Crippen molar-refractivity contribution in [3.05, 3.63) is 24.3 Å². The number of carbonyl (C=O) groups is 3. The maximum Gasteiger partial charge on any atom is 0.311 e. The summed E-state index contributed by atoms with van der Waals surface area (Å²) in [6.45, 7) is 2.16. The standard InChI is InChI=1S/C23H27Br2NO4/c1-2-3-4-5-6-7-17(27)30-14-10-8-13(9-11-14)26-22(28)18-15-12-16(19(18)23(26)29)21(25)20(15)24/h8-11,15-16,18-21H,2-7,12H2,1H3/t15-,16-,18-,19-,20-,21+/m1/s1. The van der Waals surface area contributed by atoms with Crippen molar-refractivity contribution < 1.29 is 19.1 Å². The van der Waals surface area contributed by atoms with Gasteiger partial charge in [0.05, 0.1) is 17.5 Å². The van der Waals surface area contributed by atoms with Crippen LogP contribution in [0.15, 0.2) is 24.3 Å². The third-order valence-electron chi connectivity index (χ3n) is 6.80. The fraction of sp³-hybridized carbons (Fsp3) is 0.609. The number of unbranched alkanes of at least 4 members (excludes halogenated alkanes) is 4. The van der Waals surface area contributed by atoms with Crippen LogP contribution in [-0.4, -0.2) is 27.4 Å². The minimum Gasteiger partial charge on any atom is -0.427 e. The molecule has 7 heteroatoms. The lowest BCUT2D eigenvalue weighted by Crippen LogP contribution is -2.37. The van der Waals surface area contributed by atoms with Crippen LogP contribution >= 0.6 is 31.9 Å². The Morgan fingerprint density at radius 2 is 1.53 bits per heavy atom. The number of hydrogen-bond acceptors (Lipinski definition) is 4. The van der Waals surface area contributed by atoms with Gasteiger partial charge in [-0.3, -0.25) is 19.3 Å². The number of amides is 2. The smallest absolute Gasteiger partial charge is 0.311 e. The second-order valence-electron chi connectivity index (χ2n) is 8.65. The molecule has 2 amide bonds. The van der Waals surface area contributed by atoms with Gasteiger partial charge in [0, 0.05) is 16.1 Å². The predicted octanol–water partition coefficient (Wildman–Crippen LogP) is 5.23. The summed E-state index contributed by atoms with van der Waals surface area (Å²) in [7, 11) is 0. The van der Waals surface area contributed by atoms with Crippen molar-refractivity contribution in [2.24, 2.45) is 23.7 Å². The van der Waals surface area contributed by atoms with Gasteiger partial charge in [0.2, 0.25) is 11.8 Å². The van der Waals surface area contributed by atoms with E-state index in [9.17, 15) is 14.4 Å². The van der Waals surface area contributed by atoms with E-state index in [-0.39, 0.29) is 51.1 Å². The Bertz CT molecular complexity index is 795. The van der Waals surface area contributed by atoms with Crippen LogP contribution in [0.4, 0.5) is 5.69 Å². The third-order valence-corrected chi connectivity index (χ3v) is 10.0. The van der Waals surface area contributed by atoms with Gasteiger partial charge in [0.1, 0.15) is 5.75 Å². The van der Waals surface area contributed by atoms with Crippen molar-refractivity contribution in [1.82, 2.24) is 0 Å². The zero-order valence-corrected chi connectivity index (χ0v) is 20.2. The first-order chi connectivity index (χ1) is 14.4. The SMILES string of the molecule is CCCCCCCC(=O)Oc1ccc(N2C(=O)[C@@H]3[C@H]4C[C@@H]([C@@H](Br)[C@H]4Br)[C@H]3C2=O)cc1. The van der Waals surface area contributed by atoms with E-state index in [0.717, 1.165) is 25.7 Å². The number of halogens is 2. The first-order valence-corrected chi connectivity index (χ1v) is 12.7. The number of carbonyl (C=O) groups excluding carboxylic acids is 3. The molecule has 4 rings (SSSR count). The van der Waals surface area contributed by atoms with Crippen LogP contribution in [0.3, 0.4) is 0 Å². The maximum atomic E-state index is 13.1. The van der Waals surface area contributed by atoms with E-state index in [1.807, 2.05) is 0 Å². The summed E-state index contributed by atoms with van der Waals surface area (Å²) in [5.74, 6) is -0.0667. The number of benzene rings is 1. The number of imide groups is 1. The molecule has 5 nitrogen and oxygen atoms in total. The molecule has 162 valence electrons. The largest absolute Gasteiger partial charge is 0.427 e. The van der Waals surface area contributed by atoms with Crippen molar-refractivity contribution in [3.8, 4) is 5.75 Å². The van der Waals surface area contributed by atoms with Gasteiger partial charge in [-0.2, -0.15) is 0 Å². The highest BCUT2D eigenvalue weighted by atomic mass is 79.9. The molecule has 3 aliphatic rings. The van der Waals surface area contributed by atoms with Crippen molar-refractivity contribution in [2.45, 2.75) is 61.5 Å². The lowest BCUT2D eigenvalue weighted by molar-refractivity contribution is -0.134. The molecule has 1 aromatic carbocycles. The molecular formula is C23H27Br2NO4. The summed E-state index contributed by atoms with van der Waals surface area (Å²) in [4.78, 5) is 40.0. The molecule has 1 heterocycles. The van der Waals surface area contributed by atoms with Gasteiger partial charge in [0.15, 0.2) is 0 Å². The number of nitrogens with zero attached hydrogens (tertiary/aromatic N) is 1. The van der Waals surface area contributed by atoms with Gasteiger partial charge in [0.25, 0.3) is 0 Å². The van der Waals surface area contributed by atoms with Gasteiger partial charge in [-0.15, -0.1) is 0 Å². The number of anilines is 1. The first-order valence-electron chi connectivity index (χ1n) is 10.9. The second-order valence-corrected chi connectivity index (χ2v) is 10.8.